The second kappa shape index (κ2) is 6.10. The number of rotatable bonds is 3. The van der Waals surface area contributed by atoms with Crippen molar-refractivity contribution < 1.29 is 14.6 Å². The van der Waals surface area contributed by atoms with Crippen LogP contribution < -0.4 is 10.1 Å². The van der Waals surface area contributed by atoms with E-state index < -0.39 is 5.97 Å². The van der Waals surface area contributed by atoms with Crippen molar-refractivity contribution in [1.82, 2.24) is 0 Å². The van der Waals surface area contributed by atoms with Gasteiger partial charge in [-0.2, -0.15) is 0 Å². The number of aryl methyl sites for hydroxylation is 1. The van der Waals surface area contributed by atoms with Crippen LogP contribution in [0.3, 0.4) is 0 Å². The molecule has 130 valence electrons. The largest absolute Gasteiger partial charge is 0.493 e. The number of carboxylic acid groups (broad SMARTS) is 1. The summed E-state index contributed by atoms with van der Waals surface area (Å²) < 4.78 is 5.80. The Balaban J connectivity index is 1.97. The van der Waals surface area contributed by atoms with Gasteiger partial charge in [-0.25, -0.2) is 0 Å². The van der Waals surface area contributed by atoms with Gasteiger partial charge in [-0.05, 0) is 84.2 Å². The summed E-state index contributed by atoms with van der Waals surface area (Å²) in [4.78, 5) is 11.5. The molecule has 4 nitrogen and oxygen atoms in total. The first-order valence-corrected chi connectivity index (χ1v) is 8.93. The summed E-state index contributed by atoms with van der Waals surface area (Å²) in [6.07, 6.45) is 3.05. The molecule has 25 heavy (non-hydrogen) atoms. The second-order valence-electron chi connectivity index (χ2n) is 6.99. The van der Waals surface area contributed by atoms with E-state index in [4.69, 9.17) is 4.74 Å². The zero-order valence-electron chi connectivity index (χ0n) is 14.7. The van der Waals surface area contributed by atoms with E-state index in [1.165, 1.54) is 16.7 Å². The van der Waals surface area contributed by atoms with Gasteiger partial charge < -0.3 is 15.2 Å². The molecule has 2 aliphatic rings. The average Bonchev–Trinajstić information content (AvgIpc) is 3.04. The van der Waals surface area contributed by atoms with Crippen LogP contribution in [-0.4, -0.2) is 24.2 Å². The van der Waals surface area contributed by atoms with Crippen molar-refractivity contribution in [3.8, 4) is 16.9 Å². The summed E-state index contributed by atoms with van der Waals surface area (Å²) in [5.41, 5.74) is 9.15. The normalized spacial score (nSPS) is 15.1. The molecule has 2 aliphatic heterocycles. The van der Waals surface area contributed by atoms with Gasteiger partial charge in [0.2, 0.25) is 0 Å². The van der Waals surface area contributed by atoms with Gasteiger partial charge in [0.1, 0.15) is 5.75 Å². The molecule has 2 N–H and O–H groups in total. The van der Waals surface area contributed by atoms with Crippen LogP contribution in [0.2, 0.25) is 0 Å². The van der Waals surface area contributed by atoms with Crippen molar-refractivity contribution in [3.05, 3.63) is 46.0 Å². The van der Waals surface area contributed by atoms with Crippen molar-refractivity contribution in [2.75, 3.05) is 18.5 Å². The van der Waals surface area contributed by atoms with E-state index in [1.54, 1.807) is 0 Å². The van der Waals surface area contributed by atoms with Crippen molar-refractivity contribution >= 4 is 11.7 Å². The molecule has 0 bridgehead atoms. The number of fused-ring (bicyclic) bond motifs is 2. The van der Waals surface area contributed by atoms with Crippen molar-refractivity contribution in [2.24, 2.45) is 0 Å². The first-order chi connectivity index (χ1) is 12.1. The smallest absolute Gasteiger partial charge is 0.307 e. The van der Waals surface area contributed by atoms with Gasteiger partial charge in [0.25, 0.3) is 0 Å². The SMILES string of the molecule is Cc1cc2c(c(-c3ccc4c(c3C)CCCO4)c1CC(=O)O)CCN2. The minimum absolute atomic E-state index is 0.0570. The van der Waals surface area contributed by atoms with Crippen LogP contribution in [0.4, 0.5) is 5.69 Å². The molecule has 0 aliphatic carbocycles. The van der Waals surface area contributed by atoms with E-state index in [0.29, 0.717) is 0 Å². The highest BCUT2D eigenvalue weighted by molar-refractivity contribution is 5.86. The molecule has 0 amide bonds. The van der Waals surface area contributed by atoms with Gasteiger partial charge in [0.15, 0.2) is 0 Å². The Morgan fingerprint density at radius 1 is 1.24 bits per heavy atom. The molecule has 2 heterocycles. The second-order valence-corrected chi connectivity index (χ2v) is 6.99. The number of aliphatic carboxylic acids is 1. The van der Waals surface area contributed by atoms with Crippen LogP contribution >= 0.6 is 0 Å². The van der Waals surface area contributed by atoms with Gasteiger partial charge >= 0.3 is 5.97 Å². The van der Waals surface area contributed by atoms with E-state index >= 15 is 0 Å². The maximum absolute atomic E-state index is 11.5. The lowest BCUT2D eigenvalue weighted by atomic mass is 9.84. The summed E-state index contributed by atoms with van der Waals surface area (Å²) in [6.45, 7) is 5.84. The first kappa shape index (κ1) is 16.0. The Morgan fingerprint density at radius 3 is 2.88 bits per heavy atom. The van der Waals surface area contributed by atoms with Crippen molar-refractivity contribution in [1.29, 1.82) is 0 Å². The fourth-order valence-electron chi connectivity index (χ4n) is 4.23. The van der Waals surface area contributed by atoms with Crippen molar-refractivity contribution in [3.63, 3.8) is 0 Å². The molecule has 4 heteroatoms. The summed E-state index contributed by atoms with van der Waals surface area (Å²) in [6, 6.07) is 6.26. The zero-order chi connectivity index (χ0) is 17.6. The van der Waals surface area contributed by atoms with E-state index in [1.807, 2.05) is 6.92 Å². The lowest BCUT2D eigenvalue weighted by molar-refractivity contribution is -0.136. The monoisotopic (exact) mass is 337 g/mol. The van der Waals surface area contributed by atoms with Crippen LogP contribution in [-0.2, 0) is 24.1 Å². The van der Waals surface area contributed by atoms with Crippen LogP contribution in [0.25, 0.3) is 11.1 Å². The zero-order valence-corrected chi connectivity index (χ0v) is 14.7. The maximum Gasteiger partial charge on any atom is 0.307 e. The molecule has 0 fully saturated rings. The minimum Gasteiger partial charge on any atom is -0.493 e. The van der Waals surface area contributed by atoms with Gasteiger partial charge in [-0.1, -0.05) is 6.07 Å². The number of ether oxygens (including phenoxy) is 1. The fraction of sp³-hybridized carbons (Fsp3) is 0.381. The Labute approximate surface area is 147 Å². The molecule has 0 radical (unpaired) electrons. The molecule has 0 atom stereocenters. The number of hydrogen-bond donors (Lipinski definition) is 2. The van der Waals surface area contributed by atoms with E-state index in [0.717, 1.165) is 66.1 Å². The highest BCUT2D eigenvalue weighted by Gasteiger charge is 2.25. The molecule has 2 aromatic rings. The number of carbonyl (C=O) groups is 1. The van der Waals surface area contributed by atoms with Crippen LogP contribution in [0, 0.1) is 13.8 Å². The third-order valence-corrected chi connectivity index (χ3v) is 5.44. The first-order valence-electron chi connectivity index (χ1n) is 8.93. The van der Waals surface area contributed by atoms with Gasteiger partial charge in [-0.15, -0.1) is 0 Å². The Bertz CT molecular complexity index is 870. The van der Waals surface area contributed by atoms with Gasteiger partial charge in [0.05, 0.1) is 13.0 Å². The molecular formula is C21H23NO3. The Morgan fingerprint density at radius 2 is 2.08 bits per heavy atom. The van der Waals surface area contributed by atoms with Crippen molar-refractivity contribution in [2.45, 2.75) is 39.5 Å². The van der Waals surface area contributed by atoms with Gasteiger partial charge in [-0.3, -0.25) is 4.79 Å². The van der Waals surface area contributed by atoms with E-state index in [9.17, 15) is 9.90 Å². The Kier molecular flexibility index (Phi) is 3.91. The van der Waals surface area contributed by atoms with Crippen LogP contribution in [0.15, 0.2) is 18.2 Å². The topological polar surface area (TPSA) is 58.6 Å². The van der Waals surface area contributed by atoms with E-state index in [-0.39, 0.29) is 6.42 Å². The quantitative estimate of drug-likeness (QED) is 0.892. The lowest BCUT2D eigenvalue weighted by Gasteiger charge is -2.24. The van der Waals surface area contributed by atoms with Crippen LogP contribution in [0.1, 0.15) is 34.2 Å². The molecule has 0 aromatic heterocycles. The molecule has 0 unspecified atom stereocenters. The number of carboxylic acids is 1. The molecule has 2 aromatic carbocycles. The average molecular weight is 337 g/mol. The van der Waals surface area contributed by atoms with Crippen LogP contribution in [0.5, 0.6) is 5.75 Å². The van der Waals surface area contributed by atoms with E-state index in [2.05, 4.69) is 30.4 Å². The summed E-state index contributed by atoms with van der Waals surface area (Å²) in [7, 11) is 0. The molecule has 0 saturated heterocycles. The fourth-order valence-corrected chi connectivity index (χ4v) is 4.23. The molecule has 4 rings (SSSR count). The standard InChI is InChI=1S/C21H23NO3/c1-12-10-18-16(7-8-22-18)21(17(12)11-20(23)24)15-5-6-19-14(13(15)2)4-3-9-25-19/h5-6,10,22H,3-4,7-9,11H2,1-2H3,(H,23,24). The highest BCUT2D eigenvalue weighted by Crippen LogP contribution is 2.42. The molecular weight excluding hydrogens is 314 g/mol. The summed E-state index contributed by atoms with van der Waals surface area (Å²) >= 11 is 0. The highest BCUT2D eigenvalue weighted by atomic mass is 16.5. The minimum atomic E-state index is -0.783. The predicted molar refractivity (Wildman–Crippen MR) is 98.7 cm³/mol. The third kappa shape index (κ3) is 2.66. The number of nitrogens with one attached hydrogen (secondary N) is 1. The predicted octanol–water partition coefficient (Wildman–Crippen LogP) is 3.89. The summed E-state index contributed by atoms with van der Waals surface area (Å²) in [5, 5.41) is 12.9. The number of benzene rings is 2. The van der Waals surface area contributed by atoms with Gasteiger partial charge in [0, 0.05) is 12.2 Å². The Hall–Kier alpha value is -2.49. The lowest BCUT2D eigenvalue weighted by Crippen LogP contribution is -2.11. The number of anilines is 1. The maximum atomic E-state index is 11.5. The summed E-state index contributed by atoms with van der Waals surface area (Å²) in [5.74, 6) is 0.198. The molecule has 0 saturated carbocycles. The molecule has 0 spiro atoms. The third-order valence-electron chi connectivity index (χ3n) is 5.44. The number of hydrogen-bond acceptors (Lipinski definition) is 3.